The summed E-state index contributed by atoms with van der Waals surface area (Å²) in [6.45, 7) is 23.1. The van der Waals surface area contributed by atoms with Gasteiger partial charge in [-0.2, -0.15) is 0 Å². The molecule has 0 spiro atoms. The van der Waals surface area contributed by atoms with Crippen LogP contribution in [0.15, 0.2) is 0 Å². The molecule has 2 aliphatic heterocycles. The zero-order valence-electron chi connectivity index (χ0n) is 25.9. The van der Waals surface area contributed by atoms with Gasteiger partial charge in [0.25, 0.3) is 0 Å². The Balaban J connectivity index is 1.34. The molecule has 5 rings (SSSR count). The second-order valence-corrected chi connectivity index (χ2v) is 20.2. The van der Waals surface area contributed by atoms with E-state index in [0.29, 0.717) is 35.5 Å². The molecular formula is C31H55BO5Si. The Morgan fingerprint density at radius 3 is 2.21 bits per heavy atom. The minimum Gasteiger partial charge on any atom is -0.462 e. The van der Waals surface area contributed by atoms with Crippen molar-refractivity contribution in [2.75, 3.05) is 0 Å². The first-order valence-corrected chi connectivity index (χ1v) is 19.3. The summed E-state index contributed by atoms with van der Waals surface area (Å²) in [5.74, 6) is 3.00. The van der Waals surface area contributed by atoms with E-state index in [1.807, 2.05) is 0 Å². The Hall–Kier alpha value is -0.368. The second kappa shape index (κ2) is 10.2. The van der Waals surface area contributed by atoms with Crippen LogP contribution in [0, 0.1) is 52.3 Å². The average Bonchev–Trinajstić information content (AvgIpc) is 3.38. The Morgan fingerprint density at radius 2 is 1.55 bits per heavy atom. The third kappa shape index (κ3) is 4.87. The quantitative estimate of drug-likeness (QED) is 0.260. The summed E-state index contributed by atoms with van der Waals surface area (Å²) in [5.41, 5.74) is 0.225. The molecule has 7 heteroatoms. The molecule has 3 saturated carbocycles. The van der Waals surface area contributed by atoms with Crippen molar-refractivity contribution in [3.8, 4) is 0 Å². The zero-order valence-corrected chi connectivity index (χ0v) is 26.9. The first kappa shape index (κ1) is 29.1. The van der Waals surface area contributed by atoms with Crippen molar-refractivity contribution >= 4 is 21.4 Å². The van der Waals surface area contributed by atoms with E-state index in [-0.39, 0.29) is 54.3 Å². The molecule has 0 N–H and O–H groups in total. The maximum absolute atomic E-state index is 13.6. The smallest absolute Gasteiger partial charge is 0.454 e. The fraction of sp³-hybridized carbons (Fsp3) is 0.968. The minimum absolute atomic E-state index is 0.0110. The highest BCUT2D eigenvalue weighted by molar-refractivity contribution is 6.69. The van der Waals surface area contributed by atoms with Crippen molar-refractivity contribution in [1.82, 2.24) is 0 Å². The highest BCUT2D eigenvalue weighted by atomic mass is 28.4. The van der Waals surface area contributed by atoms with Gasteiger partial charge in [0, 0.05) is 17.9 Å². The van der Waals surface area contributed by atoms with Gasteiger partial charge < -0.3 is 18.5 Å². The predicted octanol–water partition coefficient (Wildman–Crippen LogP) is 7.21. The number of esters is 1. The SMILES string of the molecule is CB1O[C@H]([C@@H](C)[C@H]2CCC3C4OC(=O)[C@H]5C[C@H](O[Si](C)(C)C)CC[C@]5(C)C4CC[C@@]32C)[C@@H]([C@@H](C)C(C)C)O1. The van der Waals surface area contributed by atoms with Crippen molar-refractivity contribution in [3.63, 3.8) is 0 Å². The van der Waals surface area contributed by atoms with Crippen LogP contribution in [0.4, 0.5) is 0 Å². The molecule has 0 amide bonds. The Bertz CT molecular complexity index is 892. The van der Waals surface area contributed by atoms with Gasteiger partial charge in [-0.25, -0.2) is 0 Å². The fourth-order valence-electron chi connectivity index (χ4n) is 9.86. The van der Waals surface area contributed by atoms with E-state index in [1.165, 1.54) is 19.3 Å². The van der Waals surface area contributed by atoms with E-state index in [2.05, 4.69) is 68.0 Å². The summed E-state index contributed by atoms with van der Waals surface area (Å²) in [5, 5.41) is 0. The van der Waals surface area contributed by atoms with Crippen LogP contribution in [0.3, 0.4) is 0 Å². The Labute approximate surface area is 234 Å². The maximum atomic E-state index is 13.6. The number of hydrogen-bond acceptors (Lipinski definition) is 5. The third-order valence-electron chi connectivity index (χ3n) is 12.2. The lowest BCUT2D eigenvalue weighted by atomic mass is 9.49. The van der Waals surface area contributed by atoms with Gasteiger partial charge in [0.15, 0.2) is 8.32 Å². The number of ether oxygens (including phenoxy) is 1. The monoisotopic (exact) mass is 546 g/mol. The van der Waals surface area contributed by atoms with Gasteiger partial charge in [-0.15, -0.1) is 0 Å². The number of carbonyl (C=O) groups is 1. The number of rotatable bonds is 6. The van der Waals surface area contributed by atoms with Gasteiger partial charge in [0.05, 0.1) is 18.1 Å². The minimum atomic E-state index is -1.63. The molecule has 0 radical (unpaired) electrons. The predicted molar refractivity (Wildman–Crippen MR) is 155 cm³/mol. The van der Waals surface area contributed by atoms with Gasteiger partial charge in [-0.05, 0) is 106 Å². The van der Waals surface area contributed by atoms with Gasteiger partial charge >= 0.3 is 13.1 Å². The molecule has 2 saturated heterocycles. The molecular weight excluding hydrogens is 491 g/mol. The highest BCUT2D eigenvalue weighted by Gasteiger charge is 2.65. The van der Waals surface area contributed by atoms with Crippen LogP contribution in [0.5, 0.6) is 0 Å². The topological polar surface area (TPSA) is 54.0 Å². The molecule has 12 atom stereocenters. The zero-order chi connectivity index (χ0) is 27.8. The first-order valence-electron chi connectivity index (χ1n) is 15.8. The van der Waals surface area contributed by atoms with Crippen LogP contribution < -0.4 is 0 Å². The summed E-state index contributed by atoms with van der Waals surface area (Å²) < 4.78 is 25.8. The summed E-state index contributed by atoms with van der Waals surface area (Å²) in [6.07, 6.45) is 8.36. The van der Waals surface area contributed by atoms with Gasteiger partial charge in [0.1, 0.15) is 6.10 Å². The third-order valence-corrected chi connectivity index (χ3v) is 13.3. The number of carbonyl (C=O) groups excluding carboxylic acids is 1. The van der Waals surface area contributed by atoms with E-state index < -0.39 is 8.32 Å². The van der Waals surface area contributed by atoms with E-state index in [1.54, 1.807) is 0 Å². The molecule has 0 aromatic rings. The standard InChI is InChI=1S/C31H55BO5Si/c1-18(2)19(3)26-27(36-32(7)35-26)20(4)22-11-12-23-28-24(14-16-30(22,23)5)31(6)15-13-21(37-38(8,9)10)17-25(31)29(33)34-28/h18-28H,11-17H2,1-10H3/t19-,20-,21+,22+,23?,24?,25+,26+,27+,28?,30+,31+/m0/s1. The van der Waals surface area contributed by atoms with Crippen LogP contribution >= 0.6 is 0 Å². The number of fused-ring (bicyclic) bond motifs is 5. The lowest BCUT2D eigenvalue weighted by Gasteiger charge is -2.60. The highest BCUT2D eigenvalue weighted by Crippen LogP contribution is 2.66. The van der Waals surface area contributed by atoms with Crippen LogP contribution in [0.1, 0.15) is 86.5 Å². The normalized spacial score (nSPS) is 46.8. The van der Waals surface area contributed by atoms with Gasteiger partial charge in [0.2, 0.25) is 0 Å². The van der Waals surface area contributed by atoms with Crippen LogP contribution in [-0.4, -0.2) is 45.8 Å². The largest absolute Gasteiger partial charge is 0.462 e. The van der Waals surface area contributed by atoms with Crippen molar-refractivity contribution in [1.29, 1.82) is 0 Å². The molecule has 5 aliphatic rings. The summed E-state index contributed by atoms with van der Waals surface area (Å²) >= 11 is 0. The van der Waals surface area contributed by atoms with Crippen LogP contribution in [0.2, 0.25) is 26.5 Å². The number of hydrogen-bond donors (Lipinski definition) is 0. The van der Waals surface area contributed by atoms with E-state index in [0.717, 1.165) is 25.7 Å². The van der Waals surface area contributed by atoms with E-state index >= 15 is 0 Å². The first-order chi connectivity index (χ1) is 17.7. The molecule has 0 aromatic carbocycles. The van der Waals surface area contributed by atoms with Gasteiger partial charge in [-0.3, -0.25) is 4.79 Å². The van der Waals surface area contributed by atoms with Gasteiger partial charge in [-0.1, -0.05) is 41.5 Å². The molecule has 216 valence electrons. The summed E-state index contributed by atoms with van der Waals surface area (Å²) in [7, 11) is -1.77. The molecule has 5 fully saturated rings. The molecule has 5 nitrogen and oxygen atoms in total. The van der Waals surface area contributed by atoms with Crippen molar-refractivity contribution in [3.05, 3.63) is 0 Å². The molecule has 3 aliphatic carbocycles. The lowest BCUT2D eigenvalue weighted by molar-refractivity contribution is -0.217. The Kier molecular flexibility index (Phi) is 7.80. The summed E-state index contributed by atoms with van der Waals surface area (Å²) in [4.78, 5) is 13.6. The van der Waals surface area contributed by atoms with Crippen molar-refractivity contribution < 1.29 is 23.3 Å². The van der Waals surface area contributed by atoms with Crippen molar-refractivity contribution in [2.45, 2.75) is 137 Å². The molecule has 0 bridgehead atoms. The van der Waals surface area contributed by atoms with Crippen molar-refractivity contribution in [2.24, 2.45) is 52.3 Å². The van der Waals surface area contributed by atoms with Crippen LogP contribution in [-0.2, 0) is 23.3 Å². The fourth-order valence-corrected chi connectivity index (χ4v) is 11.1. The molecule has 2 heterocycles. The van der Waals surface area contributed by atoms with Crippen LogP contribution in [0.25, 0.3) is 0 Å². The summed E-state index contributed by atoms with van der Waals surface area (Å²) in [6, 6.07) is 0. The van der Waals surface area contributed by atoms with E-state index in [4.69, 9.17) is 18.5 Å². The molecule has 3 unspecified atom stereocenters. The second-order valence-electron chi connectivity index (χ2n) is 15.8. The maximum Gasteiger partial charge on any atom is 0.454 e. The molecule has 38 heavy (non-hydrogen) atoms. The average molecular weight is 547 g/mol. The van der Waals surface area contributed by atoms with E-state index in [9.17, 15) is 4.79 Å². The Morgan fingerprint density at radius 1 is 0.921 bits per heavy atom. The lowest BCUT2D eigenvalue weighted by Crippen LogP contribution is -2.61. The molecule has 0 aromatic heterocycles.